The van der Waals surface area contributed by atoms with Gasteiger partial charge in [0.05, 0.1) is 0 Å². The first-order valence-corrected chi connectivity index (χ1v) is 6.68. The molecule has 1 aliphatic carbocycles. The Kier molecular flexibility index (Phi) is 4.01. The molecule has 0 radical (unpaired) electrons. The zero-order valence-corrected chi connectivity index (χ0v) is 11.1. The Morgan fingerprint density at radius 1 is 1.61 bits per heavy atom. The third-order valence-corrected chi connectivity index (χ3v) is 3.77. The first-order valence-electron chi connectivity index (χ1n) is 6.68. The number of anilines is 1. The molecule has 2 atom stereocenters. The summed E-state index contributed by atoms with van der Waals surface area (Å²) in [6, 6.07) is 1.90. The maximum atomic E-state index is 12.1. The lowest BCUT2D eigenvalue weighted by molar-refractivity contribution is -0.120. The quantitative estimate of drug-likeness (QED) is 0.762. The predicted molar refractivity (Wildman–Crippen MR) is 71.2 cm³/mol. The summed E-state index contributed by atoms with van der Waals surface area (Å²) in [5, 5.41) is 9.93. The number of nitrogens with one attached hydrogen (secondary N) is 2. The zero-order chi connectivity index (χ0) is 13.1. The lowest BCUT2D eigenvalue weighted by Crippen LogP contribution is -2.29. The van der Waals surface area contributed by atoms with Gasteiger partial charge in [-0.3, -0.25) is 9.89 Å². The van der Waals surface area contributed by atoms with Gasteiger partial charge in [0, 0.05) is 17.7 Å². The van der Waals surface area contributed by atoms with E-state index in [1.165, 1.54) is 0 Å². The number of H-pyrrole nitrogens is 1. The van der Waals surface area contributed by atoms with Crippen LogP contribution in [0.1, 0.15) is 44.7 Å². The molecule has 100 valence electrons. The molecule has 2 rings (SSSR count). The second kappa shape index (κ2) is 5.52. The third-order valence-electron chi connectivity index (χ3n) is 3.77. The molecule has 1 amide bonds. The van der Waals surface area contributed by atoms with Crippen LogP contribution in [0.5, 0.6) is 0 Å². The highest BCUT2D eigenvalue weighted by molar-refractivity contribution is 5.92. The lowest BCUT2D eigenvalue weighted by atomic mass is 9.95. The van der Waals surface area contributed by atoms with E-state index in [1.807, 2.05) is 6.07 Å². The van der Waals surface area contributed by atoms with Gasteiger partial charge >= 0.3 is 0 Å². The molecular weight excluding hydrogens is 228 g/mol. The van der Waals surface area contributed by atoms with Gasteiger partial charge in [-0.15, -0.1) is 0 Å². The van der Waals surface area contributed by atoms with E-state index in [0.717, 1.165) is 25.0 Å². The molecule has 5 nitrogen and oxygen atoms in total. The number of nitrogens with zero attached hydrogens (tertiary/aromatic N) is 1. The summed E-state index contributed by atoms with van der Waals surface area (Å²) in [4.78, 5) is 12.1. The lowest BCUT2D eigenvalue weighted by Gasteiger charge is -2.16. The monoisotopic (exact) mass is 250 g/mol. The Balaban J connectivity index is 1.98. The minimum Gasteiger partial charge on any atom is -0.330 e. The van der Waals surface area contributed by atoms with Crippen molar-refractivity contribution in [3.8, 4) is 0 Å². The number of aromatic nitrogens is 2. The summed E-state index contributed by atoms with van der Waals surface area (Å²) in [5.41, 5.74) is 6.73. The fourth-order valence-corrected chi connectivity index (χ4v) is 2.58. The normalized spacial score (nSPS) is 23.6. The summed E-state index contributed by atoms with van der Waals surface area (Å²) in [7, 11) is 0. The van der Waals surface area contributed by atoms with Crippen molar-refractivity contribution in [2.45, 2.75) is 39.0 Å². The minimum atomic E-state index is 0.0502. The summed E-state index contributed by atoms with van der Waals surface area (Å²) < 4.78 is 0. The van der Waals surface area contributed by atoms with E-state index in [-0.39, 0.29) is 11.8 Å². The summed E-state index contributed by atoms with van der Waals surface area (Å²) in [6.45, 7) is 4.76. The van der Waals surface area contributed by atoms with Crippen LogP contribution in [0, 0.1) is 11.8 Å². The average Bonchev–Trinajstić information content (AvgIpc) is 2.96. The Morgan fingerprint density at radius 3 is 3.00 bits per heavy atom. The maximum Gasteiger partial charge on any atom is 0.229 e. The van der Waals surface area contributed by atoms with Gasteiger partial charge in [-0.1, -0.05) is 20.3 Å². The summed E-state index contributed by atoms with van der Waals surface area (Å²) >= 11 is 0. The first kappa shape index (κ1) is 13.1. The van der Waals surface area contributed by atoms with E-state index in [0.29, 0.717) is 24.2 Å². The number of aromatic amines is 1. The zero-order valence-electron chi connectivity index (χ0n) is 11.1. The predicted octanol–water partition coefficient (Wildman–Crippen LogP) is 1.85. The van der Waals surface area contributed by atoms with Crippen molar-refractivity contribution < 1.29 is 4.79 Å². The molecule has 4 N–H and O–H groups in total. The van der Waals surface area contributed by atoms with E-state index in [9.17, 15) is 4.79 Å². The molecule has 0 spiro atoms. The van der Waals surface area contributed by atoms with Crippen molar-refractivity contribution in [2.75, 3.05) is 11.9 Å². The van der Waals surface area contributed by atoms with Crippen LogP contribution in [0.4, 0.5) is 5.82 Å². The second-order valence-corrected chi connectivity index (χ2v) is 5.39. The van der Waals surface area contributed by atoms with E-state index >= 15 is 0 Å². The molecule has 18 heavy (non-hydrogen) atoms. The fourth-order valence-electron chi connectivity index (χ4n) is 2.58. The van der Waals surface area contributed by atoms with E-state index in [2.05, 4.69) is 29.4 Å². The average molecular weight is 250 g/mol. The molecule has 1 heterocycles. The Labute approximate surface area is 108 Å². The van der Waals surface area contributed by atoms with Crippen LogP contribution in [0.15, 0.2) is 6.07 Å². The van der Waals surface area contributed by atoms with Gasteiger partial charge in [-0.2, -0.15) is 5.10 Å². The second-order valence-electron chi connectivity index (χ2n) is 5.39. The highest BCUT2D eigenvalue weighted by Gasteiger charge is 2.32. The van der Waals surface area contributed by atoms with Crippen LogP contribution >= 0.6 is 0 Å². The number of carbonyl (C=O) groups is 1. The maximum absolute atomic E-state index is 12.1. The van der Waals surface area contributed by atoms with E-state index < -0.39 is 0 Å². The molecule has 1 aromatic rings. The molecule has 0 bridgehead atoms. The SMILES string of the molecule is CC(C)c1cc(NC(=O)C2CCCC2CN)n[nH]1. The van der Waals surface area contributed by atoms with Crippen molar-refractivity contribution in [2.24, 2.45) is 17.6 Å². The number of carbonyl (C=O) groups excluding carboxylic acids is 1. The van der Waals surface area contributed by atoms with Crippen molar-refractivity contribution in [1.82, 2.24) is 10.2 Å². The van der Waals surface area contributed by atoms with Gasteiger partial charge in [0.1, 0.15) is 0 Å². The van der Waals surface area contributed by atoms with Gasteiger partial charge in [-0.25, -0.2) is 0 Å². The molecule has 0 aliphatic heterocycles. The molecule has 0 aromatic carbocycles. The van der Waals surface area contributed by atoms with Gasteiger partial charge in [-0.05, 0) is 31.2 Å². The number of hydrogen-bond donors (Lipinski definition) is 3. The molecule has 1 aliphatic rings. The fraction of sp³-hybridized carbons (Fsp3) is 0.692. The first-order chi connectivity index (χ1) is 8.61. The van der Waals surface area contributed by atoms with Crippen molar-refractivity contribution in [1.29, 1.82) is 0 Å². The van der Waals surface area contributed by atoms with Gasteiger partial charge in [0.15, 0.2) is 5.82 Å². The standard InChI is InChI=1S/C13H22N4O/c1-8(2)11-6-12(17-16-11)15-13(18)10-5-3-4-9(10)7-14/h6,8-10H,3-5,7,14H2,1-2H3,(H2,15,16,17,18). The van der Waals surface area contributed by atoms with Gasteiger partial charge in [0.25, 0.3) is 0 Å². The number of hydrogen-bond acceptors (Lipinski definition) is 3. The van der Waals surface area contributed by atoms with E-state index in [4.69, 9.17) is 5.73 Å². The molecule has 2 unspecified atom stereocenters. The van der Waals surface area contributed by atoms with Crippen LogP contribution in [-0.2, 0) is 4.79 Å². The van der Waals surface area contributed by atoms with Crippen molar-refractivity contribution >= 4 is 11.7 Å². The summed E-state index contributed by atoms with van der Waals surface area (Å²) in [5.74, 6) is 1.44. The van der Waals surface area contributed by atoms with Gasteiger partial charge < -0.3 is 11.1 Å². The molecule has 1 aromatic heterocycles. The van der Waals surface area contributed by atoms with Crippen LogP contribution in [0.25, 0.3) is 0 Å². The van der Waals surface area contributed by atoms with E-state index in [1.54, 1.807) is 0 Å². The highest BCUT2D eigenvalue weighted by Crippen LogP contribution is 2.31. The topological polar surface area (TPSA) is 83.8 Å². The van der Waals surface area contributed by atoms with Crippen molar-refractivity contribution in [3.63, 3.8) is 0 Å². The number of rotatable bonds is 4. The Morgan fingerprint density at radius 2 is 2.39 bits per heavy atom. The molecular formula is C13H22N4O. The van der Waals surface area contributed by atoms with Crippen LogP contribution < -0.4 is 11.1 Å². The highest BCUT2D eigenvalue weighted by atomic mass is 16.2. The third kappa shape index (κ3) is 2.72. The largest absolute Gasteiger partial charge is 0.330 e. The number of amides is 1. The van der Waals surface area contributed by atoms with Crippen LogP contribution in [0.2, 0.25) is 0 Å². The molecule has 1 fully saturated rings. The number of nitrogens with two attached hydrogens (primary N) is 1. The van der Waals surface area contributed by atoms with Crippen molar-refractivity contribution in [3.05, 3.63) is 11.8 Å². The summed E-state index contributed by atoms with van der Waals surface area (Å²) in [6.07, 6.45) is 3.10. The smallest absolute Gasteiger partial charge is 0.229 e. The minimum absolute atomic E-state index is 0.0502. The van der Waals surface area contributed by atoms with Gasteiger partial charge in [0.2, 0.25) is 5.91 Å². The Bertz CT molecular complexity index is 413. The Hall–Kier alpha value is -1.36. The molecule has 5 heteroatoms. The van der Waals surface area contributed by atoms with Crippen LogP contribution in [0.3, 0.4) is 0 Å². The molecule has 0 saturated heterocycles. The van der Waals surface area contributed by atoms with Crippen LogP contribution in [-0.4, -0.2) is 22.6 Å². The molecule has 1 saturated carbocycles.